The number of hydrogen-bond acceptors (Lipinski definition) is 2. The number of carbonyl (C=O) groups is 2. The zero-order chi connectivity index (χ0) is 13.8. The second kappa shape index (κ2) is 5.87. The Morgan fingerprint density at radius 1 is 1.11 bits per heavy atom. The van der Waals surface area contributed by atoms with Crippen LogP contribution in [0.25, 0.3) is 0 Å². The zero-order valence-corrected chi connectivity index (χ0v) is 11.5. The molecule has 0 radical (unpaired) electrons. The Hall–Kier alpha value is -1.84. The van der Waals surface area contributed by atoms with Gasteiger partial charge < -0.3 is 10.6 Å². The Labute approximate surface area is 113 Å². The Balaban J connectivity index is 1.96. The molecule has 1 aliphatic rings. The number of amides is 2. The standard InChI is InChI=1S/C15H20N2O2/c1-10-6-5-9-13(11(10)2)17-15(19)14(18)16-12-7-3-4-8-12/h5-6,9,12H,3-4,7-8H2,1-2H3,(H,16,18)(H,17,19). The number of anilines is 1. The van der Waals surface area contributed by atoms with Crippen molar-refractivity contribution in [3.8, 4) is 0 Å². The van der Waals surface area contributed by atoms with Crippen LogP contribution in [0.3, 0.4) is 0 Å². The maximum Gasteiger partial charge on any atom is 0.313 e. The van der Waals surface area contributed by atoms with E-state index in [1.54, 1.807) is 0 Å². The van der Waals surface area contributed by atoms with Crippen molar-refractivity contribution in [2.45, 2.75) is 45.6 Å². The van der Waals surface area contributed by atoms with Crippen molar-refractivity contribution in [3.63, 3.8) is 0 Å². The van der Waals surface area contributed by atoms with E-state index < -0.39 is 11.8 Å². The third kappa shape index (κ3) is 3.34. The van der Waals surface area contributed by atoms with Gasteiger partial charge in [0.2, 0.25) is 0 Å². The molecule has 2 amide bonds. The number of hydrogen-bond donors (Lipinski definition) is 2. The van der Waals surface area contributed by atoms with Crippen LogP contribution in [-0.4, -0.2) is 17.9 Å². The molecule has 2 N–H and O–H groups in total. The SMILES string of the molecule is Cc1cccc(NC(=O)C(=O)NC2CCCC2)c1C. The molecule has 1 aromatic carbocycles. The maximum atomic E-state index is 11.8. The van der Waals surface area contributed by atoms with Crippen LogP contribution in [-0.2, 0) is 9.59 Å². The van der Waals surface area contributed by atoms with Crippen LogP contribution < -0.4 is 10.6 Å². The summed E-state index contributed by atoms with van der Waals surface area (Å²) in [7, 11) is 0. The monoisotopic (exact) mass is 260 g/mol. The first-order valence-electron chi connectivity index (χ1n) is 6.76. The highest BCUT2D eigenvalue weighted by molar-refractivity contribution is 6.39. The van der Waals surface area contributed by atoms with Gasteiger partial charge in [0.15, 0.2) is 0 Å². The van der Waals surface area contributed by atoms with Crippen LogP contribution in [0.4, 0.5) is 5.69 Å². The number of nitrogens with one attached hydrogen (secondary N) is 2. The molecule has 0 atom stereocenters. The smallest absolute Gasteiger partial charge is 0.313 e. The molecule has 0 aliphatic heterocycles. The summed E-state index contributed by atoms with van der Waals surface area (Å²) in [6.45, 7) is 3.91. The van der Waals surface area contributed by atoms with Crippen LogP contribution >= 0.6 is 0 Å². The quantitative estimate of drug-likeness (QED) is 0.802. The first kappa shape index (κ1) is 13.6. The van der Waals surface area contributed by atoms with E-state index in [4.69, 9.17) is 0 Å². The highest BCUT2D eigenvalue weighted by atomic mass is 16.2. The van der Waals surface area contributed by atoms with Crippen molar-refractivity contribution < 1.29 is 9.59 Å². The molecular weight excluding hydrogens is 240 g/mol. The second-order valence-corrected chi connectivity index (χ2v) is 5.16. The second-order valence-electron chi connectivity index (χ2n) is 5.16. The van der Waals surface area contributed by atoms with Gasteiger partial charge >= 0.3 is 11.8 Å². The van der Waals surface area contributed by atoms with E-state index in [2.05, 4.69) is 10.6 Å². The molecule has 4 nitrogen and oxygen atoms in total. The summed E-state index contributed by atoms with van der Waals surface area (Å²) in [4.78, 5) is 23.6. The molecule has 0 heterocycles. The van der Waals surface area contributed by atoms with Crippen LogP contribution in [0.1, 0.15) is 36.8 Å². The van der Waals surface area contributed by atoms with Gasteiger partial charge in [0.05, 0.1) is 0 Å². The van der Waals surface area contributed by atoms with E-state index in [0.717, 1.165) is 36.8 Å². The largest absolute Gasteiger partial charge is 0.345 e. The van der Waals surface area contributed by atoms with Crippen molar-refractivity contribution in [1.29, 1.82) is 0 Å². The van der Waals surface area contributed by atoms with Crippen molar-refractivity contribution >= 4 is 17.5 Å². The van der Waals surface area contributed by atoms with Gasteiger partial charge in [0.1, 0.15) is 0 Å². The third-order valence-corrected chi connectivity index (χ3v) is 3.75. The molecule has 0 unspecified atom stereocenters. The fraction of sp³-hybridized carbons (Fsp3) is 0.467. The lowest BCUT2D eigenvalue weighted by molar-refractivity contribution is -0.136. The Morgan fingerprint density at radius 2 is 1.79 bits per heavy atom. The number of benzene rings is 1. The lowest BCUT2D eigenvalue weighted by Crippen LogP contribution is -2.40. The van der Waals surface area contributed by atoms with E-state index >= 15 is 0 Å². The highest BCUT2D eigenvalue weighted by Gasteiger charge is 2.21. The summed E-state index contributed by atoms with van der Waals surface area (Å²) in [5, 5.41) is 5.46. The lowest BCUT2D eigenvalue weighted by Gasteiger charge is -2.13. The highest BCUT2D eigenvalue weighted by Crippen LogP contribution is 2.19. The van der Waals surface area contributed by atoms with Gasteiger partial charge in [0, 0.05) is 11.7 Å². The molecule has 1 aromatic rings. The van der Waals surface area contributed by atoms with E-state index in [9.17, 15) is 9.59 Å². The van der Waals surface area contributed by atoms with Crippen LogP contribution in [0.2, 0.25) is 0 Å². The average molecular weight is 260 g/mol. The topological polar surface area (TPSA) is 58.2 Å². The van der Waals surface area contributed by atoms with Crippen LogP contribution in [0.15, 0.2) is 18.2 Å². The Bertz CT molecular complexity index is 491. The number of aryl methyl sites for hydroxylation is 1. The van der Waals surface area contributed by atoms with E-state index in [0.29, 0.717) is 5.69 Å². The number of rotatable bonds is 2. The minimum absolute atomic E-state index is 0.164. The summed E-state index contributed by atoms with van der Waals surface area (Å²) in [6, 6.07) is 5.82. The van der Waals surface area contributed by atoms with Gasteiger partial charge in [-0.1, -0.05) is 25.0 Å². The van der Waals surface area contributed by atoms with E-state index in [1.165, 1.54) is 0 Å². The average Bonchev–Trinajstić information content (AvgIpc) is 2.87. The summed E-state index contributed by atoms with van der Waals surface area (Å²) < 4.78 is 0. The fourth-order valence-electron chi connectivity index (χ4n) is 2.39. The maximum absolute atomic E-state index is 11.8. The molecule has 2 rings (SSSR count). The summed E-state index contributed by atoms with van der Waals surface area (Å²) in [5.74, 6) is -1.12. The Kier molecular flexibility index (Phi) is 4.20. The van der Waals surface area contributed by atoms with Crippen molar-refractivity contribution in [1.82, 2.24) is 5.32 Å². The van der Waals surface area contributed by atoms with Crippen molar-refractivity contribution in [2.24, 2.45) is 0 Å². The van der Waals surface area contributed by atoms with Gasteiger partial charge in [-0.2, -0.15) is 0 Å². The van der Waals surface area contributed by atoms with Crippen LogP contribution in [0, 0.1) is 13.8 Å². The van der Waals surface area contributed by atoms with Gasteiger partial charge in [-0.05, 0) is 43.9 Å². The normalized spacial score (nSPS) is 15.3. The molecular formula is C15H20N2O2. The Morgan fingerprint density at radius 3 is 2.47 bits per heavy atom. The van der Waals surface area contributed by atoms with Gasteiger partial charge in [-0.25, -0.2) is 0 Å². The predicted octanol–water partition coefficient (Wildman–Crippen LogP) is 2.30. The minimum Gasteiger partial charge on any atom is -0.345 e. The van der Waals surface area contributed by atoms with Gasteiger partial charge in [-0.3, -0.25) is 9.59 Å². The molecule has 19 heavy (non-hydrogen) atoms. The van der Waals surface area contributed by atoms with E-state index in [-0.39, 0.29) is 6.04 Å². The molecule has 0 spiro atoms. The minimum atomic E-state index is -0.583. The summed E-state index contributed by atoms with van der Waals surface area (Å²) >= 11 is 0. The fourth-order valence-corrected chi connectivity index (χ4v) is 2.39. The summed E-state index contributed by atoms with van der Waals surface area (Å²) in [5.41, 5.74) is 2.78. The van der Waals surface area contributed by atoms with Gasteiger partial charge in [0.25, 0.3) is 0 Å². The first-order valence-corrected chi connectivity index (χ1v) is 6.76. The van der Waals surface area contributed by atoms with E-state index in [1.807, 2.05) is 32.0 Å². The third-order valence-electron chi connectivity index (χ3n) is 3.75. The molecule has 0 bridgehead atoms. The number of carbonyl (C=O) groups excluding carboxylic acids is 2. The molecule has 1 fully saturated rings. The van der Waals surface area contributed by atoms with Gasteiger partial charge in [-0.15, -0.1) is 0 Å². The van der Waals surface area contributed by atoms with Crippen molar-refractivity contribution in [2.75, 3.05) is 5.32 Å². The predicted molar refractivity (Wildman–Crippen MR) is 74.9 cm³/mol. The summed E-state index contributed by atoms with van der Waals surface area (Å²) in [6.07, 6.45) is 4.21. The van der Waals surface area contributed by atoms with Crippen molar-refractivity contribution in [3.05, 3.63) is 29.3 Å². The molecule has 102 valence electrons. The lowest BCUT2D eigenvalue weighted by atomic mass is 10.1. The zero-order valence-electron chi connectivity index (χ0n) is 11.5. The first-order chi connectivity index (χ1) is 9.08. The molecule has 1 aliphatic carbocycles. The van der Waals surface area contributed by atoms with Crippen LogP contribution in [0.5, 0.6) is 0 Å². The molecule has 0 aromatic heterocycles. The molecule has 0 saturated heterocycles. The molecule has 1 saturated carbocycles. The molecule has 4 heteroatoms.